The first-order valence-electron chi connectivity index (χ1n) is 13.1. The van der Waals surface area contributed by atoms with E-state index in [0.29, 0.717) is 24.2 Å². The van der Waals surface area contributed by atoms with E-state index in [4.69, 9.17) is 11.3 Å². The Kier molecular flexibility index (Phi) is 6.83. The number of carbonyl (C=O) groups excluding carboxylic acids is 1. The van der Waals surface area contributed by atoms with E-state index < -0.39 is 23.5 Å². The second-order valence-electron chi connectivity index (χ2n) is 12.0. The van der Waals surface area contributed by atoms with Gasteiger partial charge in [0.05, 0.1) is 5.71 Å². The van der Waals surface area contributed by atoms with Gasteiger partial charge in [0, 0.05) is 5.41 Å². The molecule has 3 N–H and O–H groups in total. The minimum absolute atomic E-state index is 0.115. The van der Waals surface area contributed by atoms with Crippen molar-refractivity contribution in [3.8, 4) is 12.3 Å². The van der Waals surface area contributed by atoms with Crippen molar-refractivity contribution in [3.63, 3.8) is 0 Å². The van der Waals surface area contributed by atoms with Crippen molar-refractivity contribution in [2.24, 2.45) is 39.7 Å². The topological polar surface area (TPSA) is 108 Å². The molecule has 192 valence electrons. The molecule has 7 heteroatoms. The van der Waals surface area contributed by atoms with Gasteiger partial charge >= 0.3 is 5.97 Å². The van der Waals surface area contributed by atoms with Crippen LogP contribution in [0, 0.1) is 46.8 Å². The number of aliphatic hydroxyl groups is 1. The molecule has 0 saturated heterocycles. The van der Waals surface area contributed by atoms with Gasteiger partial charge < -0.3 is 20.4 Å². The number of allylic oxidation sites excluding steroid dienone is 2. The Morgan fingerprint density at radius 1 is 1.20 bits per heavy atom. The molecule has 3 saturated carbocycles. The Morgan fingerprint density at radius 3 is 2.57 bits per heavy atom. The lowest BCUT2D eigenvalue weighted by Gasteiger charge is -2.58. The third kappa shape index (κ3) is 4.28. The molecular formula is C28H40N2O5. The Balaban J connectivity index is 1.41. The van der Waals surface area contributed by atoms with Gasteiger partial charge in [0.15, 0.2) is 6.61 Å². The molecule has 0 spiro atoms. The fraction of sp³-hybridized carbons (Fsp3) is 0.750. The average Bonchev–Trinajstić information content (AvgIpc) is 3.08. The van der Waals surface area contributed by atoms with Crippen LogP contribution in [0.15, 0.2) is 16.8 Å². The molecule has 35 heavy (non-hydrogen) atoms. The van der Waals surface area contributed by atoms with Crippen LogP contribution in [-0.2, 0) is 14.4 Å². The zero-order valence-electron chi connectivity index (χ0n) is 21.5. The number of hydrogen-bond acceptors (Lipinski definition) is 5. The molecule has 4 aliphatic rings. The Bertz CT molecular complexity index is 980. The predicted molar refractivity (Wildman–Crippen MR) is 133 cm³/mol. The maximum Gasteiger partial charge on any atom is 0.326 e. The summed E-state index contributed by atoms with van der Waals surface area (Å²) in [5, 5.41) is 27.1. The molecule has 0 aromatic heterocycles. The molecule has 0 aromatic carbocycles. The van der Waals surface area contributed by atoms with Gasteiger partial charge in [-0.2, -0.15) is 0 Å². The summed E-state index contributed by atoms with van der Waals surface area (Å²) in [6.45, 7) is 7.80. The summed E-state index contributed by atoms with van der Waals surface area (Å²) in [5.74, 6) is 2.62. The van der Waals surface area contributed by atoms with E-state index in [0.717, 1.165) is 50.7 Å². The summed E-state index contributed by atoms with van der Waals surface area (Å²) in [7, 11) is 0. The maximum absolute atomic E-state index is 12.1. The van der Waals surface area contributed by atoms with E-state index in [1.54, 1.807) is 13.8 Å². The smallest absolute Gasteiger partial charge is 0.326 e. The van der Waals surface area contributed by atoms with Crippen LogP contribution in [0.5, 0.6) is 0 Å². The molecule has 7 nitrogen and oxygen atoms in total. The summed E-state index contributed by atoms with van der Waals surface area (Å²) in [5.41, 5.74) is 1.20. The van der Waals surface area contributed by atoms with Gasteiger partial charge in [0.2, 0.25) is 0 Å². The number of terminal acetylenes is 1. The van der Waals surface area contributed by atoms with Gasteiger partial charge in [-0.3, -0.25) is 4.79 Å². The second-order valence-corrected chi connectivity index (χ2v) is 12.0. The van der Waals surface area contributed by atoms with E-state index in [1.165, 1.54) is 5.57 Å². The number of rotatable bonds is 6. The van der Waals surface area contributed by atoms with E-state index in [9.17, 15) is 19.8 Å². The Labute approximate surface area is 208 Å². The summed E-state index contributed by atoms with van der Waals surface area (Å²) in [6.07, 6.45) is 15.6. The third-order valence-electron chi connectivity index (χ3n) is 9.99. The number of fused-ring (bicyclic) bond motifs is 5. The number of aliphatic carboxylic acids is 1. The van der Waals surface area contributed by atoms with Crippen LogP contribution in [-0.4, -0.2) is 46.1 Å². The molecule has 0 heterocycles. The molecule has 3 fully saturated rings. The largest absolute Gasteiger partial charge is 0.480 e. The highest BCUT2D eigenvalue weighted by atomic mass is 16.6. The van der Waals surface area contributed by atoms with Gasteiger partial charge in [-0.15, -0.1) is 6.42 Å². The van der Waals surface area contributed by atoms with E-state index in [2.05, 4.69) is 36.3 Å². The van der Waals surface area contributed by atoms with Crippen LogP contribution in [0.1, 0.15) is 79.1 Å². The van der Waals surface area contributed by atoms with Crippen LogP contribution in [0.4, 0.5) is 0 Å². The van der Waals surface area contributed by atoms with Crippen LogP contribution in [0.3, 0.4) is 0 Å². The third-order valence-corrected chi connectivity index (χ3v) is 9.99. The van der Waals surface area contributed by atoms with Crippen LogP contribution in [0.2, 0.25) is 0 Å². The number of amides is 1. The highest BCUT2D eigenvalue weighted by Crippen LogP contribution is 2.67. The quantitative estimate of drug-likeness (QED) is 0.391. The normalized spacial score (nSPS) is 40.1. The van der Waals surface area contributed by atoms with Gasteiger partial charge in [0.25, 0.3) is 5.91 Å². The molecule has 7 atom stereocenters. The number of hydrogen-bond donors (Lipinski definition) is 3. The van der Waals surface area contributed by atoms with Crippen molar-refractivity contribution in [1.29, 1.82) is 0 Å². The van der Waals surface area contributed by atoms with Crippen molar-refractivity contribution >= 4 is 17.6 Å². The Hall–Kier alpha value is -2.33. The Morgan fingerprint density at radius 2 is 1.91 bits per heavy atom. The predicted octanol–water partition coefficient (Wildman–Crippen LogP) is 3.91. The summed E-state index contributed by atoms with van der Waals surface area (Å²) < 4.78 is 0. The average molecular weight is 485 g/mol. The fourth-order valence-electron chi connectivity index (χ4n) is 7.80. The maximum atomic E-state index is 12.1. The summed E-state index contributed by atoms with van der Waals surface area (Å²) in [4.78, 5) is 28.7. The zero-order valence-corrected chi connectivity index (χ0v) is 21.5. The molecule has 4 rings (SSSR count). The number of carboxylic acids is 1. The van der Waals surface area contributed by atoms with Crippen molar-refractivity contribution in [2.75, 3.05) is 6.61 Å². The standard InChI is InChI=1S/C28H40N2O5/c1-6-28(34)14-11-22-20-8-7-18-15-19(9-12-26(18,4)21(20)10-13-27(22,28)5)30-35-16-23(31)29-24(17(2)3)25(32)33/h1,15,17,20-22,24,34H,7-14,16H2,2-5H3,(H,29,31)(H,32,33)/b30-19+/t20-,21+,22+,24?,26+,27+,28-/m1/s1. The van der Waals surface area contributed by atoms with E-state index >= 15 is 0 Å². The molecule has 1 amide bonds. The molecule has 4 aliphatic carbocycles. The molecule has 0 radical (unpaired) electrons. The van der Waals surface area contributed by atoms with Gasteiger partial charge in [-0.25, -0.2) is 4.79 Å². The molecular weight excluding hydrogens is 444 g/mol. The number of carboxylic acid groups (broad SMARTS) is 1. The molecule has 0 aliphatic heterocycles. The fourth-order valence-corrected chi connectivity index (χ4v) is 7.80. The van der Waals surface area contributed by atoms with Gasteiger partial charge in [0.1, 0.15) is 11.6 Å². The van der Waals surface area contributed by atoms with Crippen molar-refractivity contribution in [3.05, 3.63) is 11.6 Å². The van der Waals surface area contributed by atoms with Crippen LogP contribution in [0.25, 0.3) is 0 Å². The van der Waals surface area contributed by atoms with Gasteiger partial charge in [-0.05, 0) is 86.5 Å². The van der Waals surface area contributed by atoms with Crippen LogP contribution < -0.4 is 5.32 Å². The first kappa shape index (κ1) is 25.8. The summed E-state index contributed by atoms with van der Waals surface area (Å²) >= 11 is 0. The highest BCUT2D eigenvalue weighted by molar-refractivity contribution is 5.96. The monoisotopic (exact) mass is 484 g/mol. The number of carbonyl (C=O) groups is 2. The number of oxime groups is 1. The number of nitrogens with zero attached hydrogens (tertiary/aromatic N) is 1. The highest BCUT2D eigenvalue weighted by Gasteiger charge is 2.63. The van der Waals surface area contributed by atoms with Crippen molar-refractivity contribution < 1.29 is 24.6 Å². The first-order chi connectivity index (χ1) is 16.4. The lowest BCUT2D eigenvalue weighted by Crippen LogP contribution is -2.54. The molecule has 0 bridgehead atoms. The minimum atomic E-state index is -1.06. The summed E-state index contributed by atoms with van der Waals surface area (Å²) in [6, 6.07) is -0.944. The first-order valence-corrected chi connectivity index (χ1v) is 13.1. The molecule has 1 unspecified atom stereocenters. The zero-order chi connectivity index (χ0) is 25.6. The van der Waals surface area contributed by atoms with Crippen molar-refractivity contribution in [2.45, 2.75) is 90.7 Å². The SMILES string of the molecule is C#C[C@@]1(O)CC[C@H]2[C@@H]3CCC4=C/C(=N/OCC(=O)NC(C(=O)O)C(C)C)CC[C@]4(C)[C@H]3CC[C@@]21C. The van der Waals surface area contributed by atoms with Crippen molar-refractivity contribution in [1.82, 2.24) is 5.32 Å². The van der Waals surface area contributed by atoms with E-state index in [-0.39, 0.29) is 23.4 Å². The molecule has 0 aromatic rings. The van der Waals surface area contributed by atoms with Crippen LogP contribution >= 0.6 is 0 Å². The van der Waals surface area contributed by atoms with E-state index in [1.807, 2.05) is 0 Å². The minimum Gasteiger partial charge on any atom is -0.480 e. The second kappa shape index (κ2) is 9.28. The lowest BCUT2D eigenvalue weighted by atomic mass is 9.46. The van der Waals surface area contributed by atoms with Gasteiger partial charge in [-0.1, -0.05) is 44.3 Å². The lowest BCUT2D eigenvalue weighted by molar-refractivity contribution is -0.143. The number of nitrogens with one attached hydrogen (secondary N) is 1.